The Balaban J connectivity index is 1.95. The lowest BCUT2D eigenvalue weighted by Crippen LogP contribution is -2.29. The number of carbonyl (C=O) groups is 1. The van der Waals surface area contributed by atoms with E-state index in [2.05, 4.69) is 5.32 Å². The maximum absolute atomic E-state index is 13.2. The van der Waals surface area contributed by atoms with Gasteiger partial charge in [-0.25, -0.2) is 4.39 Å². The largest absolute Gasteiger partial charge is 0.494 e. The predicted molar refractivity (Wildman–Crippen MR) is 64.2 cm³/mol. The van der Waals surface area contributed by atoms with Gasteiger partial charge < -0.3 is 14.8 Å². The molecule has 1 aromatic carbocycles. The Morgan fingerprint density at radius 3 is 3.11 bits per heavy atom. The molecule has 0 spiro atoms. The van der Waals surface area contributed by atoms with E-state index >= 15 is 0 Å². The fourth-order valence-electron chi connectivity index (χ4n) is 1.88. The van der Waals surface area contributed by atoms with Crippen LogP contribution in [0, 0.1) is 11.7 Å². The summed E-state index contributed by atoms with van der Waals surface area (Å²) in [5.41, 5.74) is 0.396. The predicted octanol–water partition coefficient (Wildman–Crippen LogP) is 1.60. The lowest BCUT2D eigenvalue weighted by atomic mass is 10.1. The average Bonchev–Trinajstić information content (AvgIpc) is 2.89. The van der Waals surface area contributed by atoms with Crippen molar-refractivity contribution in [2.75, 3.05) is 26.9 Å². The molecular weight excluding hydrogens is 237 g/mol. The van der Waals surface area contributed by atoms with Crippen molar-refractivity contribution in [3.8, 4) is 5.75 Å². The second kappa shape index (κ2) is 5.82. The van der Waals surface area contributed by atoms with Gasteiger partial charge in [-0.05, 0) is 24.6 Å². The van der Waals surface area contributed by atoms with Gasteiger partial charge in [-0.3, -0.25) is 4.79 Å². The summed E-state index contributed by atoms with van der Waals surface area (Å²) < 4.78 is 23.3. The summed E-state index contributed by atoms with van der Waals surface area (Å²) in [4.78, 5) is 11.9. The van der Waals surface area contributed by atoms with E-state index in [-0.39, 0.29) is 11.7 Å². The molecule has 1 heterocycles. The van der Waals surface area contributed by atoms with Crippen LogP contribution in [-0.2, 0) is 4.74 Å². The van der Waals surface area contributed by atoms with E-state index in [0.717, 1.165) is 13.0 Å². The number of benzene rings is 1. The van der Waals surface area contributed by atoms with E-state index in [0.29, 0.717) is 24.6 Å². The molecule has 0 radical (unpaired) electrons. The lowest BCUT2D eigenvalue weighted by Gasteiger charge is -2.10. The maximum Gasteiger partial charge on any atom is 0.251 e. The van der Waals surface area contributed by atoms with Gasteiger partial charge in [-0.2, -0.15) is 0 Å². The number of rotatable bonds is 4. The molecule has 1 unspecified atom stereocenters. The van der Waals surface area contributed by atoms with Crippen molar-refractivity contribution < 1.29 is 18.7 Å². The minimum atomic E-state index is -0.474. The Morgan fingerprint density at radius 2 is 2.44 bits per heavy atom. The fraction of sp³-hybridized carbons (Fsp3) is 0.462. The van der Waals surface area contributed by atoms with Crippen molar-refractivity contribution in [3.63, 3.8) is 0 Å². The van der Waals surface area contributed by atoms with Crippen molar-refractivity contribution in [1.82, 2.24) is 5.32 Å². The highest BCUT2D eigenvalue weighted by molar-refractivity contribution is 5.94. The molecule has 1 fully saturated rings. The van der Waals surface area contributed by atoms with E-state index in [9.17, 15) is 9.18 Å². The van der Waals surface area contributed by atoms with Gasteiger partial charge in [0, 0.05) is 24.6 Å². The van der Waals surface area contributed by atoms with E-state index in [1.54, 1.807) is 0 Å². The van der Waals surface area contributed by atoms with Gasteiger partial charge in [0.1, 0.15) is 0 Å². The van der Waals surface area contributed by atoms with Gasteiger partial charge in [0.05, 0.1) is 13.7 Å². The third-order valence-electron chi connectivity index (χ3n) is 2.99. The Hall–Kier alpha value is -1.62. The van der Waals surface area contributed by atoms with Gasteiger partial charge in [-0.15, -0.1) is 0 Å². The van der Waals surface area contributed by atoms with Gasteiger partial charge in [0.2, 0.25) is 0 Å². The van der Waals surface area contributed by atoms with Crippen LogP contribution in [0.4, 0.5) is 4.39 Å². The van der Waals surface area contributed by atoms with E-state index in [4.69, 9.17) is 9.47 Å². The molecule has 1 aromatic rings. The summed E-state index contributed by atoms with van der Waals surface area (Å²) >= 11 is 0. The van der Waals surface area contributed by atoms with Crippen LogP contribution in [0.1, 0.15) is 16.8 Å². The van der Waals surface area contributed by atoms with Crippen LogP contribution >= 0.6 is 0 Å². The van der Waals surface area contributed by atoms with Crippen molar-refractivity contribution in [2.45, 2.75) is 6.42 Å². The number of amides is 1. The average molecular weight is 253 g/mol. The monoisotopic (exact) mass is 253 g/mol. The summed E-state index contributed by atoms with van der Waals surface area (Å²) in [5, 5.41) is 2.81. The number of nitrogens with one attached hydrogen (secondary N) is 1. The molecule has 1 aliphatic rings. The first kappa shape index (κ1) is 12.8. The maximum atomic E-state index is 13.2. The quantitative estimate of drug-likeness (QED) is 0.886. The molecule has 5 heteroatoms. The number of carbonyl (C=O) groups excluding carboxylic acids is 1. The standard InChI is InChI=1S/C13H16FNO3/c1-17-12-6-10(2-3-11(12)14)13(16)15-7-9-4-5-18-8-9/h2-3,6,9H,4-5,7-8H2,1H3,(H,15,16). The van der Waals surface area contributed by atoms with Crippen molar-refractivity contribution in [1.29, 1.82) is 0 Å². The van der Waals surface area contributed by atoms with E-state index < -0.39 is 5.82 Å². The molecule has 98 valence electrons. The zero-order valence-electron chi connectivity index (χ0n) is 10.2. The van der Waals surface area contributed by atoms with Gasteiger partial charge in [0.15, 0.2) is 11.6 Å². The van der Waals surface area contributed by atoms with Gasteiger partial charge in [0.25, 0.3) is 5.91 Å². The third-order valence-corrected chi connectivity index (χ3v) is 2.99. The van der Waals surface area contributed by atoms with Crippen molar-refractivity contribution >= 4 is 5.91 Å². The molecule has 2 rings (SSSR count). The molecule has 1 amide bonds. The van der Waals surface area contributed by atoms with Gasteiger partial charge >= 0.3 is 0 Å². The van der Waals surface area contributed by atoms with Crippen LogP contribution in [0.2, 0.25) is 0 Å². The van der Waals surface area contributed by atoms with Crippen LogP contribution < -0.4 is 10.1 Å². The molecule has 0 bridgehead atoms. The van der Waals surface area contributed by atoms with Crippen LogP contribution in [0.3, 0.4) is 0 Å². The molecule has 0 saturated carbocycles. The van der Waals surface area contributed by atoms with Crippen LogP contribution in [0.15, 0.2) is 18.2 Å². The second-order valence-electron chi connectivity index (χ2n) is 4.29. The first-order chi connectivity index (χ1) is 8.70. The lowest BCUT2D eigenvalue weighted by molar-refractivity contribution is 0.0944. The summed E-state index contributed by atoms with van der Waals surface area (Å²) in [6.45, 7) is 2.02. The van der Waals surface area contributed by atoms with Crippen molar-refractivity contribution in [3.05, 3.63) is 29.6 Å². The summed E-state index contributed by atoms with van der Waals surface area (Å²) in [6.07, 6.45) is 0.965. The highest BCUT2D eigenvalue weighted by Crippen LogP contribution is 2.18. The fourth-order valence-corrected chi connectivity index (χ4v) is 1.88. The zero-order valence-corrected chi connectivity index (χ0v) is 10.2. The SMILES string of the molecule is COc1cc(C(=O)NCC2CCOC2)ccc1F. The molecule has 1 N–H and O–H groups in total. The molecule has 1 aliphatic heterocycles. The minimum Gasteiger partial charge on any atom is -0.494 e. The summed E-state index contributed by atoms with van der Waals surface area (Å²) in [5.74, 6) is -0.249. The number of hydrogen-bond donors (Lipinski definition) is 1. The van der Waals surface area contributed by atoms with Crippen molar-refractivity contribution in [2.24, 2.45) is 5.92 Å². The zero-order chi connectivity index (χ0) is 13.0. The third kappa shape index (κ3) is 2.98. The second-order valence-corrected chi connectivity index (χ2v) is 4.29. The van der Waals surface area contributed by atoms with Crippen LogP contribution in [0.25, 0.3) is 0 Å². The highest BCUT2D eigenvalue weighted by atomic mass is 19.1. The highest BCUT2D eigenvalue weighted by Gasteiger charge is 2.17. The smallest absolute Gasteiger partial charge is 0.251 e. The molecular formula is C13H16FNO3. The number of halogens is 1. The Kier molecular flexibility index (Phi) is 4.15. The van der Waals surface area contributed by atoms with E-state index in [1.165, 1.54) is 25.3 Å². The van der Waals surface area contributed by atoms with Crippen LogP contribution in [-0.4, -0.2) is 32.8 Å². The Morgan fingerprint density at radius 1 is 1.61 bits per heavy atom. The van der Waals surface area contributed by atoms with Crippen LogP contribution in [0.5, 0.6) is 5.75 Å². The summed E-state index contributed by atoms with van der Waals surface area (Å²) in [6, 6.07) is 4.07. The Bertz CT molecular complexity index is 430. The van der Waals surface area contributed by atoms with Gasteiger partial charge in [-0.1, -0.05) is 0 Å². The molecule has 4 nitrogen and oxygen atoms in total. The first-order valence-corrected chi connectivity index (χ1v) is 5.90. The molecule has 0 aliphatic carbocycles. The molecule has 0 aromatic heterocycles. The normalized spacial score (nSPS) is 18.7. The first-order valence-electron chi connectivity index (χ1n) is 5.90. The molecule has 1 saturated heterocycles. The minimum absolute atomic E-state index is 0.0758. The molecule has 1 atom stereocenters. The topological polar surface area (TPSA) is 47.6 Å². The number of methoxy groups -OCH3 is 1. The summed E-state index contributed by atoms with van der Waals surface area (Å²) in [7, 11) is 1.37. The number of hydrogen-bond acceptors (Lipinski definition) is 3. The van der Waals surface area contributed by atoms with E-state index in [1.807, 2.05) is 0 Å². The number of ether oxygens (including phenoxy) is 2. The molecule has 18 heavy (non-hydrogen) atoms. The Labute approximate surface area is 105 Å².